The zero-order valence-corrected chi connectivity index (χ0v) is 13.8. The highest BCUT2D eigenvalue weighted by molar-refractivity contribution is 6.07. The number of aryl methyl sites for hydroxylation is 2. The third kappa shape index (κ3) is 2.33. The average molecular weight is 293 g/mol. The molecule has 0 saturated carbocycles. The van der Waals surface area contributed by atoms with Crippen LogP contribution in [0.15, 0.2) is 42.5 Å². The highest BCUT2D eigenvalue weighted by Gasteiger charge is 2.43. The molecule has 0 bridgehead atoms. The Hall–Kier alpha value is -2.09. The van der Waals surface area contributed by atoms with Crippen LogP contribution in [-0.4, -0.2) is 5.91 Å². The van der Waals surface area contributed by atoms with E-state index in [4.69, 9.17) is 0 Å². The molecule has 0 atom stereocenters. The van der Waals surface area contributed by atoms with Gasteiger partial charge in [-0.15, -0.1) is 0 Å². The van der Waals surface area contributed by atoms with Crippen LogP contribution in [0.3, 0.4) is 0 Å². The van der Waals surface area contributed by atoms with E-state index in [-0.39, 0.29) is 5.91 Å². The summed E-state index contributed by atoms with van der Waals surface area (Å²) >= 11 is 0. The summed E-state index contributed by atoms with van der Waals surface area (Å²) in [5.41, 5.74) is 5.47. The van der Waals surface area contributed by atoms with Gasteiger partial charge in [0.15, 0.2) is 0 Å². The van der Waals surface area contributed by atoms with Gasteiger partial charge in [-0.1, -0.05) is 48.9 Å². The fourth-order valence-corrected chi connectivity index (χ4v) is 3.25. The highest BCUT2D eigenvalue weighted by Crippen LogP contribution is 2.42. The van der Waals surface area contributed by atoms with Gasteiger partial charge in [-0.25, -0.2) is 0 Å². The molecule has 1 amide bonds. The second-order valence-electron chi connectivity index (χ2n) is 6.71. The maximum atomic E-state index is 12.9. The van der Waals surface area contributed by atoms with E-state index in [0.717, 1.165) is 17.7 Å². The molecule has 0 N–H and O–H groups in total. The van der Waals surface area contributed by atoms with Gasteiger partial charge >= 0.3 is 0 Å². The van der Waals surface area contributed by atoms with E-state index in [1.54, 1.807) is 0 Å². The van der Waals surface area contributed by atoms with Gasteiger partial charge in [0.05, 0.1) is 12.0 Å². The topological polar surface area (TPSA) is 20.3 Å². The molecule has 1 heterocycles. The van der Waals surface area contributed by atoms with Crippen LogP contribution in [0.5, 0.6) is 0 Å². The average Bonchev–Trinajstić information content (AvgIpc) is 2.68. The molecule has 22 heavy (non-hydrogen) atoms. The number of nitrogens with zero attached hydrogens (tertiary/aromatic N) is 1. The molecule has 2 heteroatoms. The minimum absolute atomic E-state index is 0.192. The SMILES string of the molecule is CCc1ccc2c(c1)C(C)(C)C(=O)N2Cc1cccc(C)c1. The van der Waals surface area contributed by atoms with E-state index < -0.39 is 5.41 Å². The molecular weight excluding hydrogens is 270 g/mol. The van der Waals surface area contributed by atoms with Crippen molar-refractivity contribution in [1.82, 2.24) is 0 Å². The van der Waals surface area contributed by atoms with Crippen LogP contribution < -0.4 is 4.90 Å². The lowest BCUT2D eigenvalue weighted by atomic mass is 9.85. The lowest BCUT2D eigenvalue weighted by molar-refractivity contribution is -0.122. The Labute approximate surface area is 132 Å². The van der Waals surface area contributed by atoms with Gasteiger partial charge in [0, 0.05) is 5.69 Å². The second-order valence-corrected chi connectivity index (χ2v) is 6.71. The van der Waals surface area contributed by atoms with E-state index in [9.17, 15) is 4.79 Å². The van der Waals surface area contributed by atoms with Crippen molar-refractivity contribution in [2.45, 2.75) is 46.1 Å². The van der Waals surface area contributed by atoms with Gasteiger partial charge in [-0.3, -0.25) is 4.79 Å². The number of carbonyl (C=O) groups excluding carboxylic acids is 1. The summed E-state index contributed by atoms with van der Waals surface area (Å²) in [5.74, 6) is 0.192. The number of anilines is 1. The first kappa shape index (κ1) is 14.8. The van der Waals surface area contributed by atoms with Crippen LogP contribution in [-0.2, 0) is 23.2 Å². The number of hydrogen-bond donors (Lipinski definition) is 0. The van der Waals surface area contributed by atoms with Crippen LogP contribution in [0.4, 0.5) is 5.69 Å². The first-order valence-electron chi connectivity index (χ1n) is 7.94. The third-order valence-corrected chi connectivity index (χ3v) is 4.64. The van der Waals surface area contributed by atoms with E-state index in [2.05, 4.69) is 56.3 Å². The van der Waals surface area contributed by atoms with Crippen LogP contribution in [0.2, 0.25) is 0 Å². The van der Waals surface area contributed by atoms with E-state index >= 15 is 0 Å². The number of fused-ring (bicyclic) bond motifs is 1. The Morgan fingerprint density at radius 2 is 1.82 bits per heavy atom. The van der Waals surface area contributed by atoms with Crippen molar-refractivity contribution in [3.63, 3.8) is 0 Å². The molecule has 0 radical (unpaired) electrons. The summed E-state index contributed by atoms with van der Waals surface area (Å²) in [6, 6.07) is 14.8. The first-order chi connectivity index (χ1) is 10.4. The maximum Gasteiger partial charge on any atom is 0.237 e. The molecule has 1 aliphatic heterocycles. The predicted molar refractivity (Wildman–Crippen MR) is 91.2 cm³/mol. The van der Waals surface area contributed by atoms with Crippen molar-refractivity contribution >= 4 is 11.6 Å². The van der Waals surface area contributed by atoms with Crippen molar-refractivity contribution in [1.29, 1.82) is 0 Å². The molecule has 0 unspecified atom stereocenters. The molecule has 3 rings (SSSR count). The van der Waals surface area contributed by atoms with E-state index in [1.165, 1.54) is 16.7 Å². The van der Waals surface area contributed by atoms with Gasteiger partial charge in [0.1, 0.15) is 0 Å². The van der Waals surface area contributed by atoms with Crippen molar-refractivity contribution in [2.75, 3.05) is 4.90 Å². The minimum atomic E-state index is -0.440. The Balaban J connectivity index is 2.02. The molecule has 2 aromatic rings. The van der Waals surface area contributed by atoms with Gasteiger partial charge in [0.25, 0.3) is 0 Å². The molecular formula is C20H23NO. The summed E-state index contributed by atoms with van der Waals surface area (Å²) in [4.78, 5) is 14.8. The Morgan fingerprint density at radius 3 is 2.50 bits per heavy atom. The first-order valence-corrected chi connectivity index (χ1v) is 7.94. The minimum Gasteiger partial charge on any atom is -0.307 e. The lowest BCUT2D eigenvalue weighted by Gasteiger charge is -2.20. The quantitative estimate of drug-likeness (QED) is 0.822. The smallest absolute Gasteiger partial charge is 0.237 e. The molecule has 0 aromatic heterocycles. The second kappa shape index (κ2) is 5.28. The van der Waals surface area contributed by atoms with Crippen molar-refractivity contribution in [2.24, 2.45) is 0 Å². The molecule has 114 valence electrons. The van der Waals surface area contributed by atoms with Crippen molar-refractivity contribution < 1.29 is 4.79 Å². The fraction of sp³-hybridized carbons (Fsp3) is 0.350. The number of carbonyl (C=O) groups is 1. The van der Waals surface area contributed by atoms with Crippen LogP contribution in [0.25, 0.3) is 0 Å². The molecule has 2 aromatic carbocycles. The zero-order valence-electron chi connectivity index (χ0n) is 13.8. The third-order valence-electron chi connectivity index (χ3n) is 4.64. The summed E-state index contributed by atoms with van der Waals surface area (Å²) in [5, 5.41) is 0. The number of hydrogen-bond acceptors (Lipinski definition) is 1. The predicted octanol–water partition coefficient (Wildman–Crippen LogP) is 4.38. The number of amides is 1. The van der Waals surface area contributed by atoms with Gasteiger partial charge < -0.3 is 4.90 Å². The van der Waals surface area contributed by atoms with E-state index in [0.29, 0.717) is 6.54 Å². The van der Waals surface area contributed by atoms with Crippen LogP contribution in [0, 0.1) is 6.92 Å². The molecule has 0 aliphatic carbocycles. The van der Waals surface area contributed by atoms with Gasteiger partial charge in [-0.2, -0.15) is 0 Å². The largest absolute Gasteiger partial charge is 0.307 e. The maximum absolute atomic E-state index is 12.9. The molecule has 0 saturated heterocycles. The van der Waals surface area contributed by atoms with Crippen molar-refractivity contribution in [3.05, 3.63) is 64.7 Å². The summed E-state index contributed by atoms with van der Waals surface area (Å²) in [6.07, 6.45) is 0.995. The van der Waals surface area contributed by atoms with Gasteiger partial charge in [-0.05, 0) is 49.9 Å². The summed E-state index contributed by atoms with van der Waals surface area (Å²) < 4.78 is 0. The normalized spacial score (nSPS) is 16.0. The van der Waals surface area contributed by atoms with E-state index in [1.807, 2.05) is 18.7 Å². The monoisotopic (exact) mass is 293 g/mol. The van der Waals surface area contributed by atoms with Gasteiger partial charge in [0.2, 0.25) is 5.91 Å². The van der Waals surface area contributed by atoms with Crippen molar-refractivity contribution in [3.8, 4) is 0 Å². The Bertz CT molecular complexity index is 730. The van der Waals surface area contributed by atoms with Crippen LogP contribution in [0.1, 0.15) is 43.0 Å². The lowest BCUT2D eigenvalue weighted by Crippen LogP contribution is -2.35. The molecule has 1 aliphatic rings. The Morgan fingerprint density at radius 1 is 1.05 bits per heavy atom. The molecule has 0 spiro atoms. The highest BCUT2D eigenvalue weighted by atomic mass is 16.2. The zero-order chi connectivity index (χ0) is 15.9. The standard InChI is InChI=1S/C20H23NO/c1-5-15-9-10-18-17(12-15)20(3,4)19(22)21(18)13-16-8-6-7-14(2)11-16/h6-12H,5,13H2,1-4H3. The fourth-order valence-electron chi connectivity index (χ4n) is 3.25. The Kier molecular flexibility index (Phi) is 3.56. The van der Waals surface area contributed by atoms with Crippen LogP contribution >= 0.6 is 0 Å². The number of benzene rings is 2. The molecule has 2 nitrogen and oxygen atoms in total. The summed E-state index contributed by atoms with van der Waals surface area (Å²) in [6.45, 7) is 8.94. The number of rotatable bonds is 3. The summed E-state index contributed by atoms with van der Waals surface area (Å²) in [7, 11) is 0. The molecule has 0 fully saturated rings.